The van der Waals surface area contributed by atoms with E-state index in [1.165, 1.54) is 173 Å². The highest BCUT2D eigenvalue weighted by atomic mass is 31.2. The molecule has 0 aromatic heterocycles. The molecule has 0 radical (unpaired) electrons. The fourth-order valence-electron chi connectivity index (χ4n) is 9.35. The fraction of sp³-hybridized carbons (Fsp3) is 0.732. The lowest BCUT2D eigenvalue weighted by atomic mass is 10.0. The molecule has 3 unspecified atom stereocenters. The molecular weight excluding hydrogens is 1010 g/mol. The van der Waals surface area contributed by atoms with Crippen molar-refractivity contribution >= 4 is 13.7 Å². The molecule has 0 aliphatic carbocycles. The van der Waals surface area contributed by atoms with Gasteiger partial charge in [-0.1, -0.05) is 303 Å². The van der Waals surface area contributed by atoms with E-state index in [0.717, 1.165) is 89.9 Å². The van der Waals surface area contributed by atoms with Crippen molar-refractivity contribution in [2.75, 3.05) is 40.9 Å². The number of allylic oxidation sites excluding steroid dienone is 17. The van der Waals surface area contributed by atoms with Crippen LogP contribution in [-0.4, -0.2) is 73.4 Å². The Morgan fingerprint density at radius 3 is 1.10 bits per heavy atom. The molecule has 0 fully saturated rings. The first-order valence-corrected chi connectivity index (χ1v) is 34.8. The Bertz CT molecular complexity index is 1670. The van der Waals surface area contributed by atoms with E-state index in [1.54, 1.807) is 6.08 Å². The van der Waals surface area contributed by atoms with Gasteiger partial charge in [-0.3, -0.25) is 13.8 Å². The van der Waals surface area contributed by atoms with Crippen molar-refractivity contribution in [2.45, 2.75) is 296 Å². The number of hydrogen-bond acceptors (Lipinski definition) is 5. The van der Waals surface area contributed by atoms with Crippen LogP contribution in [0.3, 0.4) is 0 Å². The molecule has 0 saturated carbocycles. The summed E-state index contributed by atoms with van der Waals surface area (Å²) in [5.74, 6) is -0.179. The quantitative estimate of drug-likeness (QED) is 0.0243. The van der Waals surface area contributed by atoms with Crippen molar-refractivity contribution in [1.29, 1.82) is 0 Å². The summed E-state index contributed by atoms with van der Waals surface area (Å²) in [4.78, 5) is 23.4. The van der Waals surface area contributed by atoms with Crippen LogP contribution >= 0.6 is 7.82 Å². The molecular formula is C71H128N2O6P+. The SMILES string of the molecule is CC/C=C\C/C=C\C/C=C\C/C=C\C/C=C\C/C=C\C/C=C\C/C=C\CCCCCCCCCCCCCCCCC(=O)NC(COP(=O)(O)OCC[N+](C)(C)C)C(O)/C=C/CCCCCCCCCCCCCCCCCCC. The lowest BCUT2D eigenvalue weighted by Gasteiger charge is -2.25. The van der Waals surface area contributed by atoms with Gasteiger partial charge in [0.25, 0.3) is 0 Å². The molecule has 0 aliphatic heterocycles. The summed E-state index contributed by atoms with van der Waals surface area (Å²) in [6, 6.07) is -0.853. The van der Waals surface area contributed by atoms with Gasteiger partial charge in [-0.15, -0.1) is 0 Å². The normalized spacial score (nSPS) is 14.4. The zero-order chi connectivity index (χ0) is 58.4. The van der Waals surface area contributed by atoms with Gasteiger partial charge in [0.1, 0.15) is 13.2 Å². The van der Waals surface area contributed by atoms with Crippen LogP contribution in [0.15, 0.2) is 109 Å². The van der Waals surface area contributed by atoms with Crippen molar-refractivity contribution in [1.82, 2.24) is 5.32 Å². The van der Waals surface area contributed by atoms with E-state index in [9.17, 15) is 19.4 Å². The number of nitrogens with zero attached hydrogens (tertiary/aromatic N) is 1. The second-order valence-electron chi connectivity index (χ2n) is 23.5. The topological polar surface area (TPSA) is 105 Å². The second kappa shape index (κ2) is 60.7. The summed E-state index contributed by atoms with van der Waals surface area (Å²) in [5, 5.41) is 14.0. The standard InChI is InChI=1S/C71H127N2O6P/c1-6-8-10-12-14-16-18-20-22-24-26-27-28-29-30-31-32-33-34-35-36-37-38-39-40-41-42-43-44-45-47-49-51-53-55-57-59-61-63-65-71(75)72-69(68-79-80(76,77)78-67-66-73(3,4)5)70(74)64-62-60-58-56-54-52-50-48-46-25-23-21-19-17-15-13-11-9-7-2/h8,10,14,16,20,22,26-27,29-30,32-33,35-36,38-39,62,64,69-70,74H,6-7,9,11-13,15,17-19,21,23-25,28,31,34,37,40-61,63,65-68H2,1-5H3,(H-,72,75,76,77)/p+1/b10-8-,16-14-,22-20-,27-26-,30-29-,33-32-,36-35-,39-38-,64-62+. The minimum Gasteiger partial charge on any atom is -0.387 e. The summed E-state index contributed by atoms with van der Waals surface area (Å²) in [7, 11) is 1.57. The number of phosphoric acid groups is 1. The van der Waals surface area contributed by atoms with Crippen LogP contribution in [0.25, 0.3) is 0 Å². The molecule has 3 N–H and O–H groups in total. The Kier molecular flexibility index (Phi) is 58.6. The van der Waals surface area contributed by atoms with Crippen LogP contribution in [0.5, 0.6) is 0 Å². The maximum atomic E-state index is 13.0. The minimum absolute atomic E-state index is 0.0585. The molecule has 0 saturated heterocycles. The van der Waals surface area contributed by atoms with Gasteiger partial charge in [0.2, 0.25) is 5.91 Å². The van der Waals surface area contributed by atoms with Crippen LogP contribution in [-0.2, 0) is 18.4 Å². The monoisotopic (exact) mass is 1140 g/mol. The smallest absolute Gasteiger partial charge is 0.387 e. The van der Waals surface area contributed by atoms with Crippen molar-refractivity contribution in [2.24, 2.45) is 0 Å². The summed E-state index contributed by atoms with van der Waals surface area (Å²) in [6.07, 6.45) is 89.3. The Labute approximate surface area is 495 Å². The Balaban J connectivity index is 4.07. The van der Waals surface area contributed by atoms with Gasteiger partial charge in [0, 0.05) is 6.42 Å². The number of aliphatic hydroxyl groups is 1. The van der Waals surface area contributed by atoms with Crippen LogP contribution in [0.4, 0.5) is 0 Å². The number of carbonyl (C=O) groups excluding carboxylic acids is 1. The Morgan fingerprint density at radius 2 is 0.750 bits per heavy atom. The molecule has 462 valence electrons. The van der Waals surface area contributed by atoms with Gasteiger partial charge >= 0.3 is 7.82 Å². The van der Waals surface area contributed by atoms with E-state index in [4.69, 9.17) is 9.05 Å². The lowest BCUT2D eigenvalue weighted by molar-refractivity contribution is -0.870. The van der Waals surface area contributed by atoms with Crippen LogP contribution in [0, 0.1) is 0 Å². The van der Waals surface area contributed by atoms with Gasteiger partial charge in [0.05, 0.1) is 39.9 Å². The molecule has 1 amide bonds. The molecule has 0 aromatic carbocycles. The van der Waals surface area contributed by atoms with Crippen molar-refractivity contribution in [3.8, 4) is 0 Å². The molecule has 9 heteroatoms. The van der Waals surface area contributed by atoms with Crippen LogP contribution < -0.4 is 5.32 Å². The largest absolute Gasteiger partial charge is 0.472 e. The number of amides is 1. The molecule has 80 heavy (non-hydrogen) atoms. The zero-order valence-corrected chi connectivity index (χ0v) is 53.7. The highest BCUT2D eigenvalue weighted by Crippen LogP contribution is 2.43. The van der Waals surface area contributed by atoms with E-state index in [2.05, 4.69) is 116 Å². The van der Waals surface area contributed by atoms with E-state index in [1.807, 2.05) is 27.2 Å². The first kappa shape index (κ1) is 77.2. The maximum absolute atomic E-state index is 13.0. The number of phosphoric ester groups is 1. The fourth-order valence-corrected chi connectivity index (χ4v) is 10.1. The highest BCUT2D eigenvalue weighted by Gasteiger charge is 2.28. The van der Waals surface area contributed by atoms with Crippen molar-refractivity contribution in [3.05, 3.63) is 109 Å². The minimum atomic E-state index is -4.36. The number of unbranched alkanes of at least 4 members (excludes halogenated alkanes) is 31. The third kappa shape index (κ3) is 62.8. The number of rotatable bonds is 60. The average molecular weight is 1140 g/mol. The van der Waals surface area contributed by atoms with Crippen molar-refractivity contribution in [3.63, 3.8) is 0 Å². The second-order valence-corrected chi connectivity index (χ2v) is 24.9. The number of likely N-dealkylation sites (N-methyl/N-ethyl adjacent to an activating group) is 1. The third-order valence-electron chi connectivity index (χ3n) is 14.5. The van der Waals surface area contributed by atoms with Gasteiger partial charge < -0.3 is 19.8 Å². The van der Waals surface area contributed by atoms with E-state index in [0.29, 0.717) is 17.4 Å². The predicted octanol–water partition coefficient (Wildman–Crippen LogP) is 21.1. The molecule has 0 aromatic rings. The molecule has 0 aliphatic rings. The molecule has 0 bridgehead atoms. The predicted molar refractivity (Wildman–Crippen MR) is 350 cm³/mol. The molecule has 0 rings (SSSR count). The lowest BCUT2D eigenvalue weighted by Crippen LogP contribution is -2.45. The first-order chi connectivity index (χ1) is 39.0. The number of carbonyl (C=O) groups is 1. The summed E-state index contributed by atoms with van der Waals surface area (Å²) >= 11 is 0. The summed E-state index contributed by atoms with van der Waals surface area (Å²) in [5.41, 5.74) is 0. The third-order valence-corrected chi connectivity index (χ3v) is 15.5. The van der Waals surface area contributed by atoms with Gasteiger partial charge in [-0.05, 0) is 83.5 Å². The van der Waals surface area contributed by atoms with Crippen LogP contribution in [0.2, 0.25) is 0 Å². The molecule has 3 atom stereocenters. The Hall–Kier alpha value is -2.84. The zero-order valence-electron chi connectivity index (χ0n) is 52.8. The number of nitrogens with one attached hydrogen (secondary N) is 1. The van der Waals surface area contributed by atoms with Crippen molar-refractivity contribution < 1.29 is 32.9 Å². The Morgan fingerprint density at radius 1 is 0.438 bits per heavy atom. The van der Waals surface area contributed by atoms with Gasteiger partial charge in [-0.25, -0.2) is 4.57 Å². The number of aliphatic hydroxyl groups excluding tert-OH is 1. The molecule has 8 nitrogen and oxygen atoms in total. The summed E-state index contributed by atoms with van der Waals surface area (Å²) in [6.45, 7) is 4.72. The molecule has 0 spiro atoms. The first-order valence-electron chi connectivity index (χ1n) is 33.3. The maximum Gasteiger partial charge on any atom is 0.472 e. The highest BCUT2D eigenvalue weighted by molar-refractivity contribution is 7.47. The van der Waals surface area contributed by atoms with E-state index < -0.39 is 20.0 Å². The number of quaternary nitrogens is 1. The van der Waals surface area contributed by atoms with Gasteiger partial charge in [0.15, 0.2) is 0 Å². The average Bonchev–Trinajstić information content (AvgIpc) is 3.42. The van der Waals surface area contributed by atoms with Gasteiger partial charge in [-0.2, -0.15) is 0 Å². The van der Waals surface area contributed by atoms with E-state index >= 15 is 0 Å². The van der Waals surface area contributed by atoms with Crippen LogP contribution in [0.1, 0.15) is 284 Å². The molecule has 0 heterocycles. The van der Waals surface area contributed by atoms with E-state index in [-0.39, 0.29) is 19.1 Å². The number of hydrogen-bond donors (Lipinski definition) is 3. The summed E-state index contributed by atoms with van der Waals surface area (Å²) < 4.78 is 23.8.